The summed E-state index contributed by atoms with van der Waals surface area (Å²) < 4.78 is 28.1. The highest BCUT2D eigenvalue weighted by atomic mass is 35.5. The number of fused-ring (bicyclic) bond motifs is 1. The van der Waals surface area contributed by atoms with Crippen molar-refractivity contribution in [1.82, 2.24) is 29.5 Å². The Morgan fingerprint density at radius 1 is 1.19 bits per heavy atom. The minimum atomic E-state index is -0.508. The Kier molecular flexibility index (Phi) is 9.00. The summed E-state index contributed by atoms with van der Waals surface area (Å²) in [6.07, 6.45) is 10.2. The van der Waals surface area contributed by atoms with E-state index in [-0.39, 0.29) is 17.0 Å². The van der Waals surface area contributed by atoms with Crippen LogP contribution in [0.1, 0.15) is 32.1 Å². The van der Waals surface area contributed by atoms with E-state index < -0.39 is 11.4 Å². The van der Waals surface area contributed by atoms with E-state index in [1.165, 1.54) is 24.5 Å². The van der Waals surface area contributed by atoms with E-state index in [2.05, 4.69) is 32.8 Å². The first-order valence-corrected chi connectivity index (χ1v) is 16.6. The number of amides is 1. The Labute approximate surface area is 282 Å². The molecule has 0 atom stereocenters. The number of rotatable bonds is 9. The highest BCUT2D eigenvalue weighted by molar-refractivity contribution is 6.31. The van der Waals surface area contributed by atoms with Gasteiger partial charge in [0.05, 0.1) is 29.2 Å². The first-order chi connectivity index (χ1) is 23.4. The molecule has 3 aliphatic rings. The minimum absolute atomic E-state index is 0.000490. The second-order valence-corrected chi connectivity index (χ2v) is 13.1. The average molecular weight is 671 g/mol. The van der Waals surface area contributed by atoms with E-state index in [1.54, 1.807) is 11.0 Å². The van der Waals surface area contributed by atoms with Gasteiger partial charge in [0.2, 0.25) is 5.91 Å². The molecule has 4 aromatic rings. The molecule has 2 aromatic heterocycles. The summed E-state index contributed by atoms with van der Waals surface area (Å²) in [7, 11) is 0. The zero-order valence-corrected chi connectivity index (χ0v) is 27.2. The number of halogens is 2. The zero-order valence-electron chi connectivity index (χ0n) is 26.4. The Balaban J connectivity index is 1.22. The number of carbonyl (C=O) groups is 1. The summed E-state index contributed by atoms with van der Waals surface area (Å²) in [5, 5.41) is 18.5. The van der Waals surface area contributed by atoms with Crippen LogP contribution >= 0.6 is 11.6 Å². The average Bonchev–Trinajstić information content (AvgIpc) is 3.59. The summed E-state index contributed by atoms with van der Waals surface area (Å²) >= 11 is 6.04. The summed E-state index contributed by atoms with van der Waals surface area (Å²) in [5.41, 5.74) is 2.48. The van der Waals surface area contributed by atoms with Crippen LogP contribution in [0.25, 0.3) is 22.0 Å². The molecule has 0 radical (unpaired) electrons. The SMILES string of the molecule is C=CC(=O)N1CCC(Oc2cc3c(Nc4ccc(F)c(Cl)c4)ncnc3cc2-c2cnn(C3(CC#N)CN(C4CCOCC4)C3)c2)CC1. The standard InChI is InChI=1S/C35H36ClFN8O3/c1-2-33(46)43-11-5-26(6-12-43)48-32-17-28-31(39-22-40-34(28)42-24-3-4-30(37)29(36)15-24)16-27(32)23-18-41-45(19-23)35(9-10-38)20-44(21-35)25-7-13-47-14-8-25/h2-4,15-19,22,25-26H,1,5-9,11-14,20-21H2,(H,39,40,42). The number of nitriles is 1. The van der Waals surface area contributed by atoms with Crippen LogP contribution < -0.4 is 10.1 Å². The van der Waals surface area contributed by atoms with Crippen LogP contribution in [-0.4, -0.2) is 87.0 Å². The van der Waals surface area contributed by atoms with Crippen molar-refractivity contribution in [3.05, 3.63) is 72.5 Å². The highest BCUT2D eigenvalue weighted by Crippen LogP contribution is 2.40. The quantitative estimate of drug-likeness (QED) is 0.224. The number of aromatic nitrogens is 4. The molecule has 3 aliphatic heterocycles. The Hall–Kier alpha value is -4.57. The summed E-state index contributed by atoms with van der Waals surface area (Å²) in [5.74, 6) is 0.541. The molecule has 13 heteroatoms. The fourth-order valence-corrected chi connectivity index (χ4v) is 7.12. The van der Waals surface area contributed by atoms with Crippen molar-refractivity contribution in [2.24, 2.45) is 0 Å². The van der Waals surface area contributed by atoms with E-state index in [1.807, 2.05) is 29.2 Å². The number of likely N-dealkylation sites (tertiary alicyclic amines) is 2. The van der Waals surface area contributed by atoms with Crippen LogP contribution in [0, 0.1) is 17.1 Å². The molecular weight excluding hydrogens is 635 g/mol. The van der Waals surface area contributed by atoms with E-state index in [0.29, 0.717) is 66.6 Å². The van der Waals surface area contributed by atoms with Crippen molar-refractivity contribution in [2.75, 3.05) is 44.7 Å². The van der Waals surface area contributed by atoms with Gasteiger partial charge in [-0.2, -0.15) is 10.4 Å². The van der Waals surface area contributed by atoms with Crippen LogP contribution in [0.5, 0.6) is 5.75 Å². The van der Waals surface area contributed by atoms with Gasteiger partial charge >= 0.3 is 0 Å². The topological polar surface area (TPSA) is 121 Å². The molecule has 11 nitrogen and oxygen atoms in total. The lowest BCUT2D eigenvalue weighted by atomic mass is 9.84. The molecule has 0 saturated carbocycles. The fraction of sp³-hybridized carbons (Fsp3) is 0.400. The Bertz CT molecular complexity index is 1870. The van der Waals surface area contributed by atoms with Crippen LogP contribution in [0.15, 0.2) is 61.7 Å². The molecule has 0 unspecified atom stereocenters. The Morgan fingerprint density at radius 3 is 2.71 bits per heavy atom. The van der Waals surface area contributed by atoms with E-state index in [0.717, 1.165) is 50.3 Å². The largest absolute Gasteiger partial charge is 0.490 e. The van der Waals surface area contributed by atoms with Crippen molar-refractivity contribution < 1.29 is 18.7 Å². The minimum Gasteiger partial charge on any atom is -0.490 e. The second-order valence-electron chi connectivity index (χ2n) is 12.7. The second kappa shape index (κ2) is 13.5. The normalized spacial score (nSPS) is 18.6. The van der Waals surface area contributed by atoms with Crippen molar-refractivity contribution in [1.29, 1.82) is 5.26 Å². The van der Waals surface area contributed by atoms with Gasteiger partial charge in [-0.1, -0.05) is 18.2 Å². The molecule has 1 N–H and O–H groups in total. The van der Waals surface area contributed by atoms with Crippen molar-refractivity contribution in [2.45, 2.75) is 49.8 Å². The number of piperidine rings is 1. The number of carbonyl (C=O) groups excluding carboxylic acids is 1. The maximum absolute atomic E-state index is 13.9. The smallest absolute Gasteiger partial charge is 0.245 e. The number of nitrogens with one attached hydrogen (secondary N) is 1. The van der Waals surface area contributed by atoms with Gasteiger partial charge < -0.3 is 19.7 Å². The maximum atomic E-state index is 13.9. The van der Waals surface area contributed by atoms with Crippen molar-refractivity contribution >= 4 is 39.9 Å². The van der Waals surface area contributed by atoms with Gasteiger partial charge in [-0.25, -0.2) is 14.4 Å². The van der Waals surface area contributed by atoms with Crippen LogP contribution in [0.2, 0.25) is 5.02 Å². The number of anilines is 2. The molecule has 0 aliphatic carbocycles. The maximum Gasteiger partial charge on any atom is 0.245 e. The summed E-state index contributed by atoms with van der Waals surface area (Å²) in [4.78, 5) is 25.5. The molecule has 248 valence electrons. The van der Waals surface area contributed by atoms with Crippen molar-refractivity contribution in [3.63, 3.8) is 0 Å². The zero-order chi connectivity index (χ0) is 33.3. The predicted octanol–water partition coefficient (Wildman–Crippen LogP) is 5.69. The van der Waals surface area contributed by atoms with Crippen molar-refractivity contribution in [3.8, 4) is 22.9 Å². The lowest BCUT2D eigenvalue weighted by Gasteiger charge is -2.53. The molecule has 1 amide bonds. The number of hydrogen-bond acceptors (Lipinski definition) is 9. The Morgan fingerprint density at radius 2 is 1.98 bits per heavy atom. The third-order valence-electron chi connectivity index (χ3n) is 9.63. The van der Waals surface area contributed by atoms with E-state index in [9.17, 15) is 14.4 Å². The van der Waals surface area contributed by atoms with Crippen LogP contribution in [0.4, 0.5) is 15.9 Å². The molecular formula is C35H36ClFN8O3. The van der Waals surface area contributed by atoms with Crippen LogP contribution in [0.3, 0.4) is 0 Å². The third-order valence-corrected chi connectivity index (χ3v) is 9.92. The molecule has 0 bridgehead atoms. The van der Waals surface area contributed by atoms with Crippen LogP contribution in [-0.2, 0) is 15.1 Å². The number of ether oxygens (including phenoxy) is 2. The van der Waals surface area contributed by atoms with Gasteiger partial charge in [-0.05, 0) is 49.2 Å². The first kappa shape index (κ1) is 32.0. The lowest BCUT2D eigenvalue weighted by Crippen LogP contribution is -2.65. The lowest BCUT2D eigenvalue weighted by molar-refractivity contribution is -0.127. The fourth-order valence-electron chi connectivity index (χ4n) is 6.94. The molecule has 7 rings (SSSR count). The van der Waals surface area contributed by atoms with Gasteiger partial charge in [0.15, 0.2) is 0 Å². The van der Waals surface area contributed by atoms with E-state index in [4.69, 9.17) is 26.2 Å². The monoisotopic (exact) mass is 670 g/mol. The number of nitrogens with zero attached hydrogens (tertiary/aromatic N) is 7. The molecule has 48 heavy (non-hydrogen) atoms. The summed E-state index contributed by atoms with van der Waals surface area (Å²) in [6, 6.07) is 11.1. The molecule has 3 fully saturated rings. The molecule has 3 saturated heterocycles. The third kappa shape index (κ3) is 6.33. The summed E-state index contributed by atoms with van der Waals surface area (Å²) in [6.45, 7) is 7.80. The number of benzene rings is 2. The predicted molar refractivity (Wildman–Crippen MR) is 179 cm³/mol. The van der Waals surface area contributed by atoms with Gasteiger partial charge in [0.25, 0.3) is 0 Å². The van der Waals surface area contributed by atoms with Gasteiger partial charge in [-0.3, -0.25) is 14.4 Å². The number of hydrogen-bond donors (Lipinski definition) is 1. The molecule has 0 spiro atoms. The van der Waals surface area contributed by atoms with Gasteiger partial charge in [0.1, 0.15) is 35.4 Å². The van der Waals surface area contributed by atoms with Gasteiger partial charge in [0, 0.05) is 86.7 Å². The van der Waals surface area contributed by atoms with Gasteiger partial charge in [-0.15, -0.1) is 0 Å². The molecule has 5 heterocycles. The first-order valence-electron chi connectivity index (χ1n) is 16.2. The highest BCUT2D eigenvalue weighted by Gasteiger charge is 2.48. The van der Waals surface area contributed by atoms with E-state index >= 15 is 0 Å². The molecule has 2 aromatic carbocycles.